The molecule has 0 bridgehead atoms. The molecule has 0 fully saturated rings. The number of ether oxygens (including phenoxy) is 2. The minimum atomic E-state index is -0.547. The van der Waals surface area contributed by atoms with Crippen molar-refractivity contribution in [3.05, 3.63) is 75.3 Å². The molecule has 3 aromatic carbocycles. The maximum Gasteiger partial charge on any atom is 0.271 e. The van der Waals surface area contributed by atoms with E-state index in [1.165, 1.54) is 18.2 Å². The second kappa shape index (κ2) is 8.79. The van der Waals surface area contributed by atoms with Gasteiger partial charge in [0.1, 0.15) is 11.5 Å². The van der Waals surface area contributed by atoms with Crippen molar-refractivity contribution in [1.29, 1.82) is 0 Å². The third kappa shape index (κ3) is 4.94. The predicted octanol–water partition coefficient (Wildman–Crippen LogP) is 4.45. The quantitative estimate of drug-likeness (QED) is 0.421. The molecule has 8 heteroatoms. The number of fused-ring (bicyclic) bond motifs is 1. The Labute approximate surface area is 172 Å². The lowest BCUT2D eigenvalue weighted by Gasteiger charge is -2.18. The Morgan fingerprint density at radius 1 is 1.10 bits per heavy atom. The molecule has 0 radical (unpaired) electrons. The Morgan fingerprint density at radius 2 is 1.83 bits per heavy atom. The van der Waals surface area contributed by atoms with Crippen LogP contribution in [0.3, 0.4) is 0 Å². The molecule has 29 heavy (non-hydrogen) atoms. The predicted molar refractivity (Wildman–Crippen MR) is 111 cm³/mol. The van der Waals surface area contributed by atoms with Gasteiger partial charge in [-0.15, -0.1) is 0 Å². The summed E-state index contributed by atoms with van der Waals surface area (Å²) in [5.41, 5.74) is 0.839. The smallest absolute Gasteiger partial charge is 0.271 e. The molecule has 0 N–H and O–H groups in total. The van der Waals surface area contributed by atoms with Gasteiger partial charge in [0.05, 0.1) is 17.1 Å². The molecule has 0 spiro atoms. The second-order valence-electron chi connectivity index (χ2n) is 6.46. The summed E-state index contributed by atoms with van der Waals surface area (Å²) in [5, 5.41) is 12.9. The SMILES string of the molecule is COc1ccc2cc(CN(C)C(=O)COc3ccc([N+](=O)[O-])cc3Cl)ccc2c1. The van der Waals surface area contributed by atoms with Crippen molar-refractivity contribution >= 4 is 34.0 Å². The lowest BCUT2D eigenvalue weighted by atomic mass is 10.1. The lowest BCUT2D eigenvalue weighted by Crippen LogP contribution is -2.31. The maximum absolute atomic E-state index is 12.4. The van der Waals surface area contributed by atoms with E-state index >= 15 is 0 Å². The van der Waals surface area contributed by atoms with E-state index < -0.39 is 4.92 Å². The monoisotopic (exact) mass is 414 g/mol. The van der Waals surface area contributed by atoms with Crippen molar-refractivity contribution in [2.45, 2.75) is 6.54 Å². The molecule has 0 atom stereocenters. The van der Waals surface area contributed by atoms with Gasteiger partial charge >= 0.3 is 0 Å². The number of halogens is 1. The number of rotatable bonds is 7. The highest BCUT2D eigenvalue weighted by Crippen LogP contribution is 2.28. The zero-order valence-corrected chi connectivity index (χ0v) is 16.7. The molecule has 0 aliphatic rings. The van der Waals surface area contributed by atoms with E-state index in [0.29, 0.717) is 6.54 Å². The first-order valence-electron chi connectivity index (χ1n) is 8.75. The highest BCUT2D eigenvalue weighted by atomic mass is 35.5. The van der Waals surface area contributed by atoms with Gasteiger partial charge in [-0.2, -0.15) is 0 Å². The molecule has 0 aliphatic heterocycles. The van der Waals surface area contributed by atoms with E-state index in [4.69, 9.17) is 21.1 Å². The minimum absolute atomic E-state index is 0.0830. The highest BCUT2D eigenvalue weighted by Gasteiger charge is 2.14. The summed E-state index contributed by atoms with van der Waals surface area (Å²) >= 11 is 5.98. The fraction of sp³-hybridized carbons (Fsp3) is 0.190. The summed E-state index contributed by atoms with van der Waals surface area (Å²) < 4.78 is 10.7. The van der Waals surface area contributed by atoms with Crippen LogP contribution in [0.4, 0.5) is 5.69 Å². The van der Waals surface area contributed by atoms with Crippen LogP contribution in [-0.2, 0) is 11.3 Å². The van der Waals surface area contributed by atoms with Crippen LogP contribution in [0.15, 0.2) is 54.6 Å². The van der Waals surface area contributed by atoms with Crippen molar-refractivity contribution < 1.29 is 19.2 Å². The van der Waals surface area contributed by atoms with Gasteiger partial charge in [-0.05, 0) is 40.6 Å². The first-order valence-corrected chi connectivity index (χ1v) is 9.12. The average Bonchev–Trinajstić information content (AvgIpc) is 2.71. The van der Waals surface area contributed by atoms with E-state index in [0.717, 1.165) is 22.1 Å². The number of hydrogen-bond donors (Lipinski definition) is 0. The largest absolute Gasteiger partial charge is 0.497 e. The number of nitrogens with zero attached hydrogens (tertiary/aromatic N) is 2. The van der Waals surface area contributed by atoms with Crippen molar-refractivity contribution in [1.82, 2.24) is 4.90 Å². The Bertz CT molecular complexity index is 1070. The van der Waals surface area contributed by atoms with Crippen LogP contribution in [0.1, 0.15) is 5.56 Å². The van der Waals surface area contributed by atoms with Crippen LogP contribution in [-0.4, -0.2) is 36.5 Å². The summed E-state index contributed by atoms with van der Waals surface area (Å²) in [6.45, 7) is 0.191. The first kappa shape index (κ1) is 20.4. The van der Waals surface area contributed by atoms with Gasteiger partial charge in [0, 0.05) is 25.7 Å². The average molecular weight is 415 g/mol. The van der Waals surface area contributed by atoms with Crippen LogP contribution >= 0.6 is 11.6 Å². The summed E-state index contributed by atoms with van der Waals surface area (Å²) in [7, 11) is 3.31. The topological polar surface area (TPSA) is 81.9 Å². The molecule has 150 valence electrons. The zero-order chi connectivity index (χ0) is 21.0. The van der Waals surface area contributed by atoms with Gasteiger partial charge in [0.15, 0.2) is 6.61 Å². The van der Waals surface area contributed by atoms with Crippen LogP contribution in [0.5, 0.6) is 11.5 Å². The lowest BCUT2D eigenvalue weighted by molar-refractivity contribution is -0.384. The number of likely N-dealkylation sites (N-methyl/N-ethyl adjacent to an activating group) is 1. The van der Waals surface area contributed by atoms with Crippen LogP contribution < -0.4 is 9.47 Å². The number of carbonyl (C=O) groups is 1. The van der Waals surface area contributed by atoms with Crippen LogP contribution in [0, 0.1) is 10.1 Å². The number of hydrogen-bond acceptors (Lipinski definition) is 5. The van der Waals surface area contributed by atoms with E-state index in [9.17, 15) is 14.9 Å². The molecule has 0 aliphatic carbocycles. The van der Waals surface area contributed by atoms with Crippen LogP contribution in [0.2, 0.25) is 5.02 Å². The third-order valence-corrected chi connectivity index (χ3v) is 4.73. The molecule has 3 rings (SSSR count). The molecule has 0 saturated heterocycles. The number of carbonyl (C=O) groups excluding carboxylic acids is 1. The Balaban J connectivity index is 1.62. The van der Waals surface area contributed by atoms with Gasteiger partial charge in [0.25, 0.3) is 11.6 Å². The summed E-state index contributed by atoms with van der Waals surface area (Å²) in [5.74, 6) is 0.771. The normalized spacial score (nSPS) is 10.6. The Kier molecular flexibility index (Phi) is 6.19. The standard InChI is InChI=1S/C21H19ClN2O5/c1-23(12-14-3-4-16-10-18(28-2)7-5-15(16)9-14)21(25)13-29-20-8-6-17(24(26)27)11-19(20)22/h3-11H,12-13H2,1-2H3. The summed E-state index contributed by atoms with van der Waals surface area (Å²) in [6.07, 6.45) is 0. The summed E-state index contributed by atoms with van der Waals surface area (Å²) in [4.78, 5) is 24.1. The fourth-order valence-corrected chi connectivity index (χ4v) is 3.06. The van der Waals surface area contributed by atoms with Crippen molar-refractivity contribution in [3.8, 4) is 11.5 Å². The number of non-ortho nitro benzene ring substituents is 1. The van der Waals surface area contributed by atoms with E-state index in [1.807, 2.05) is 36.4 Å². The van der Waals surface area contributed by atoms with E-state index in [2.05, 4.69) is 0 Å². The molecular formula is C21H19ClN2O5. The number of methoxy groups -OCH3 is 1. The highest BCUT2D eigenvalue weighted by molar-refractivity contribution is 6.32. The molecular weight excluding hydrogens is 396 g/mol. The van der Waals surface area contributed by atoms with Gasteiger partial charge < -0.3 is 14.4 Å². The van der Waals surface area contributed by atoms with Gasteiger partial charge in [-0.25, -0.2) is 0 Å². The number of nitro groups is 1. The molecule has 0 aromatic heterocycles. The fourth-order valence-electron chi connectivity index (χ4n) is 2.83. The van der Waals surface area contributed by atoms with Crippen molar-refractivity contribution in [2.75, 3.05) is 20.8 Å². The van der Waals surface area contributed by atoms with Crippen molar-refractivity contribution in [3.63, 3.8) is 0 Å². The molecule has 0 saturated carbocycles. The molecule has 1 amide bonds. The number of benzene rings is 3. The molecule has 7 nitrogen and oxygen atoms in total. The maximum atomic E-state index is 12.4. The zero-order valence-electron chi connectivity index (χ0n) is 15.9. The van der Waals surface area contributed by atoms with Crippen molar-refractivity contribution in [2.24, 2.45) is 0 Å². The van der Waals surface area contributed by atoms with E-state index in [1.54, 1.807) is 19.1 Å². The summed E-state index contributed by atoms with van der Waals surface area (Å²) in [6, 6.07) is 15.6. The van der Waals surface area contributed by atoms with Gasteiger partial charge in [-0.1, -0.05) is 29.8 Å². The van der Waals surface area contributed by atoms with Gasteiger partial charge in [0.2, 0.25) is 0 Å². The molecule has 0 heterocycles. The molecule has 3 aromatic rings. The third-order valence-electron chi connectivity index (χ3n) is 4.43. The van der Waals surface area contributed by atoms with Crippen LogP contribution in [0.25, 0.3) is 10.8 Å². The number of amides is 1. The van der Waals surface area contributed by atoms with Gasteiger partial charge in [-0.3, -0.25) is 14.9 Å². The minimum Gasteiger partial charge on any atom is -0.497 e. The number of nitro benzene ring substituents is 1. The Morgan fingerprint density at radius 3 is 2.52 bits per heavy atom. The Hall–Kier alpha value is -3.32. The van der Waals surface area contributed by atoms with E-state index in [-0.39, 0.29) is 29.0 Å². The second-order valence-corrected chi connectivity index (χ2v) is 6.86. The molecule has 0 unspecified atom stereocenters. The first-order chi connectivity index (χ1) is 13.9.